The van der Waals surface area contributed by atoms with Crippen LogP contribution in [0.1, 0.15) is 78.9 Å². The molecule has 3 heterocycles. The second kappa shape index (κ2) is 9.67. The summed E-state index contributed by atoms with van der Waals surface area (Å²) in [5, 5.41) is 0. The predicted molar refractivity (Wildman–Crippen MR) is 122 cm³/mol. The SMILES string of the molecule is Cc1nc(C2CCCN2C(=O)COc2ccccc2C(C)C)ncc1C(=O)N1CCCC1. The van der Waals surface area contributed by atoms with Crippen LogP contribution in [-0.2, 0) is 4.79 Å². The maximum Gasteiger partial charge on any atom is 0.261 e. The Morgan fingerprint density at radius 1 is 1.12 bits per heavy atom. The standard InChI is InChI=1S/C25H32N4O3/c1-17(2)19-9-4-5-11-22(19)32-16-23(30)29-14-8-10-21(29)24-26-15-20(18(3)27-24)25(31)28-12-6-7-13-28/h4-5,9,11,15,17,21H,6-8,10,12-14,16H2,1-3H3. The maximum absolute atomic E-state index is 13.0. The van der Waals surface area contributed by atoms with E-state index in [4.69, 9.17) is 4.74 Å². The van der Waals surface area contributed by atoms with Crippen molar-refractivity contribution in [1.82, 2.24) is 19.8 Å². The van der Waals surface area contributed by atoms with Crippen LogP contribution in [0.25, 0.3) is 0 Å². The number of para-hydroxylation sites is 1. The van der Waals surface area contributed by atoms with Crippen LogP contribution in [0, 0.1) is 6.92 Å². The Morgan fingerprint density at radius 3 is 2.59 bits per heavy atom. The zero-order valence-corrected chi connectivity index (χ0v) is 19.2. The minimum absolute atomic E-state index is 0.00289. The highest BCUT2D eigenvalue weighted by atomic mass is 16.5. The van der Waals surface area contributed by atoms with E-state index >= 15 is 0 Å². The number of hydrogen-bond acceptors (Lipinski definition) is 5. The van der Waals surface area contributed by atoms with Crippen LogP contribution in [0.3, 0.4) is 0 Å². The van der Waals surface area contributed by atoms with Crippen LogP contribution in [-0.4, -0.2) is 57.8 Å². The van der Waals surface area contributed by atoms with Gasteiger partial charge in [-0.3, -0.25) is 9.59 Å². The smallest absolute Gasteiger partial charge is 0.261 e. The second-order valence-corrected chi connectivity index (χ2v) is 8.95. The van der Waals surface area contributed by atoms with E-state index in [0.717, 1.165) is 50.1 Å². The van der Waals surface area contributed by atoms with Crippen molar-refractivity contribution in [3.63, 3.8) is 0 Å². The summed E-state index contributed by atoms with van der Waals surface area (Å²) in [5.41, 5.74) is 2.32. The highest BCUT2D eigenvalue weighted by molar-refractivity contribution is 5.95. The normalized spacial score (nSPS) is 18.4. The molecule has 0 spiro atoms. The first-order valence-electron chi connectivity index (χ1n) is 11.6. The van der Waals surface area contributed by atoms with Crippen LogP contribution in [0.5, 0.6) is 5.75 Å². The van der Waals surface area contributed by atoms with Gasteiger partial charge in [-0.2, -0.15) is 0 Å². The summed E-state index contributed by atoms with van der Waals surface area (Å²) in [6.07, 6.45) is 5.44. The molecule has 0 N–H and O–H groups in total. The lowest BCUT2D eigenvalue weighted by Gasteiger charge is -2.25. The van der Waals surface area contributed by atoms with Gasteiger partial charge in [0.2, 0.25) is 0 Å². The molecule has 0 bridgehead atoms. The third kappa shape index (κ3) is 4.61. The number of carbonyl (C=O) groups excluding carboxylic acids is 2. The molecule has 32 heavy (non-hydrogen) atoms. The number of hydrogen-bond donors (Lipinski definition) is 0. The fourth-order valence-corrected chi connectivity index (χ4v) is 4.59. The highest BCUT2D eigenvalue weighted by Gasteiger charge is 2.33. The number of amides is 2. The van der Waals surface area contributed by atoms with Crippen LogP contribution in [0.4, 0.5) is 0 Å². The zero-order chi connectivity index (χ0) is 22.7. The van der Waals surface area contributed by atoms with Gasteiger partial charge in [0.05, 0.1) is 17.3 Å². The fraction of sp³-hybridized carbons (Fsp3) is 0.520. The molecular weight excluding hydrogens is 404 g/mol. The summed E-state index contributed by atoms with van der Waals surface area (Å²) in [6, 6.07) is 7.67. The lowest BCUT2D eigenvalue weighted by molar-refractivity contribution is -0.134. The quantitative estimate of drug-likeness (QED) is 0.687. The van der Waals surface area contributed by atoms with Crippen LogP contribution >= 0.6 is 0 Å². The Balaban J connectivity index is 1.44. The first-order chi connectivity index (χ1) is 15.5. The molecule has 7 heteroatoms. The van der Waals surface area contributed by atoms with Crippen molar-refractivity contribution in [3.05, 3.63) is 53.1 Å². The monoisotopic (exact) mass is 436 g/mol. The summed E-state index contributed by atoms with van der Waals surface area (Å²) in [5.74, 6) is 1.61. The summed E-state index contributed by atoms with van der Waals surface area (Å²) in [4.78, 5) is 38.6. The van der Waals surface area contributed by atoms with E-state index in [2.05, 4.69) is 23.8 Å². The number of nitrogens with zero attached hydrogens (tertiary/aromatic N) is 4. The summed E-state index contributed by atoms with van der Waals surface area (Å²) in [7, 11) is 0. The fourth-order valence-electron chi connectivity index (χ4n) is 4.59. The van der Waals surface area contributed by atoms with Crippen LogP contribution < -0.4 is 4.74 Å². The lowest BCUT2D eigenvalue weighted by Crippen LogP contribution is -2.35. The van der Waals surface area contributed by atoms with Gasteiger partial charge in [-0.05, 0) is 50.2 Å². The van der Waals surface area contributed by atoms with Crippen molar-refractivity contribution >= 4 is 11.8 Å². The number of rotatable bonds is 6. The Bertz CT molecular complexity index is 985. The topological polar surface area (TPSA) is 75.6 Å². The van der Waals surface area contributed by atoms with Crippen molar-refractivity contribution < 1.29 is 14.3 Å². The number of carbonyl (C=O) groups is 2. The summed E-state index contributed by atoms with van der Waals surface area (Å²) in [6.45, 7) is 8.31. The maximum atomic E-state index is 13.0. The van der Waals surface area contributed by atoms with Gasteiger partial charge in [0, 0.05) is 25.8 Å². The molecule has 170 valence electrons. The molecule has 2 aromatic rings. The Morgan fingerprint density at radius 2 is 1.88 bits per heavy atom. The van der Waals surface area contributed by atoms with Crippen molar-refractivity contribution in [2.24, 2.45) is 0 Å². The van der Waals surface area contributed by atoms with Gasteiger partial charge < -0.3 is 14.5 Å². The number of aryl methyl sites for hydroxylation is 1. The van der Waals surface area contributed by atoms with E-state index in [1.807, 2.05) is 41.0 Å². The predicted octanol–water partition coefficient (Wildman–Crippen LogP) is 3.89. The molecule has 0 radical (unpaired) electrons. The van der Waals surface area contributed by atoms with E-state index in [1.165, 1.54) is 0 Å². The first kappa shape index (κ1) is 22.2. The molecule has 1 atom stereocenters. The molecule has 7 nitrogen and oxygen atoms in total. The minimum Gasteiger partial charge on any atom is -0.483 e. The number of ether oxygens (including phenoxy) is 1. The lowest BCUT2D eigenvalue weighted by atomic mass is 10.0. The molecular formula is C25H32N4O3. The van der Waals surface area contributed by atoms with Gasteiger partial charge in [-0.25, -0.2) is 9.97 Å². The third-order valence-electron chi connectivity index (χ3n) is 6.39. The van der Waals surface area contributed by atoms with Crippen LogP contribution in [0.2, 0.25) is 0 Å². The molecule has 0 saturated carbocycles. The van der Waals surface area contributed by atoms with Crippen molar-refractivity contribution in [2.45, 2.75) is 58.4 Å². The molecule has 1 aromatic carbocycles. The van der Waals surface area contributed by atoms with Gasteiger partial charge in [-0.15, -0.1) is 0 Å². The summed E-state index contributed by atoms with van der Waals surface area (Å²) >= 11 is 0. The van der Waals surface area contributed by atoms with E-state index < -0.39 is 0 Å². The van der Waals surface area contributed by atoms with Gasteiger partial charge in [0.15, 0.2) is 12.4 Å². The largest absolute Gasteiger partial charge is 0.483 e. The Labute approximate surface area is 189 Å². The molecule has 2 amide bonds. The Kier molecular flexibility index (Phi) is 6.72. The Hall–Kier alpha value is -2.96. The number of benzene rings is 1. The van der Waals surface area contributed by atoms with E-state index in [-0.39, 0.29) is 24.5 Å². The van der Waals surface area contributed by atoms with Crippen LogP contribution in [0.15, 0.2) is 30.5 Å². The molecule has 2 aliphatic heterocycles. The highest BCUT2D eigenvalue weighted by Crippen LogP contribution is 2.31. The van der Waals surface area contributed by atoms with Gasteiger partial charge in [0.25, 0.3) is 11.8 Å². The van der Waals surface area contributed by atoms with E-state index in [9.17, 15) is 9.59 Å². The third-order valence-corrected chi connectivity index (χ3v) is 6.39. The molecule has 2 fully saturated rings. The van der Waals surface area contributed by atoms with Crippen molar-refractivity contribution in [3.8, 4) is 5.75 Å². The molecule has 2 saturated heterocycles. The summed E-state index contributed by atoms with van der Waals surface area (Å²) < 4.78 is 5.91. The number of likely N-dealkylation sites (tertiary alicyclic amines) is 2. The van der Waals surface area contributed by atoms with Crippen molar-refractivity contribution in [2.75, 3.05) is 26.2 Å². The molecule has 1 unspecified atom stereocenters. The molecule has 2 aliphatic rings. The van der Waals surface area contributed by atoms with E-state index in [1.54, 1.807) is 6.20 Å². The van der Waals surface area contributed by atoms with E-state index in [0.29, 0.717) is 29.5 Å². The average molecular weight is 437 g/mol. The first-order valence-corrected chi connectivity index (χ1v) is 11.6. The van der Waals surface area contributed by atoms with Gasteiger partial charge >= 0.3 is 0 Å². The number of aromatic nitrogens is 2. The van der Waals surface area contributed by atoms with Gasteiger partial charge in [-0.1, -0.05) is 32.0 Å². The van der Waals surface area contributed by atoms with Gasteiger partial charge in [0.1, 0.15) is 5.75 Å². The average Bonchev–Trinajstić information content (AvgIpc) is 3.49. The molecule has 0 aliphatic carbocycles. The zero-order valence-electron chi connectivity index (χ0n) is 19.2. The molecule has 1 aromatic heterocycles. The molecule has 4 rings (SSSR count). The second-order valence-electron chi connectivity index (χ2n) is 8.95. The van der Waals surface area contributed by atoms with Crippen molar-refractivity contribution in [1.29, 1.82) is 0 Å². The minimum atomic E-state index is -0.180.